The van der Waals surface area contributed by atoms with E-state index < -0.39 is 0 Å². The molecule has 5 nitrogen and oxygen atoms in total. The van der Waals surface area contributed by atoms with Crippen molar-refractivity contribution >= 4 is 23.1 Å². The molecule has 0 aliphatic carbocycles. The maximum Gasteiger partial charge on any atom is 0.228 e. The van der Waals surface area contributed by atoms with Crippen molar-refractivity contribution in [2.24, 2.45) is 5.92 Å². The molecule has 1 N–H and O–H groups in total. The Hall–Kier alpha value is -2.54. The molecule has 2 aromatic heterocycles. The number of carbonyl (C=O) groups is 1. The second-order valence-electron chi connectivity index (χ2n) is 6.11. The molecule has 0 radical (unpaired) electrons. The van der Waals surface area contributed by atoms with Crippen LogP contribution in [0.2, 0.25) is 0 Å². The topological polar surface area (TPSA) is 59.8 Å². The van der Waals surface area contributed by atoms with Crippen LogP contribution in [0, 0.1) is 18.7 Å². The molecule has 26 heavy (non-hydrogen) atoms. The van der Waals surface area contributed by atoms with Crippen molar-refractivity contribution in [3.05, 3.63) is 47.2 Å². The summed E-state index contributed by atoms with van der Waals surface area (Å²) in [5.41, 5.74) is 2.37. The molecular weight excluding hydrogens is 351 g/mol. The maximum atomic E-state index is 13.1. The van der Waals surface area contributed by atoms with E-state index in [0.717, 1.165) is 29.8 Å². The lowest BCUT2D eigenvalue weighted by Crippen LogP contribution is -2.23. The number of aryl methyl sites for hydroxylation is 1. The van der Waals surface area contributed by atoms with Crippen LogP contribution >= 0.6 is 11.3 Å². The average molecular weight is 372 g/mol. The minimum atomic E-state index is -0.279. The number of benzene rings is 1. The molecular formula is C19H21FN4OS. The molecule has 1 aromatic carbocycles. The Kier molecular flexibility index (Phi) is 5.46. The number of aromatic nitrogens is 3. The standard InChI is InChI=1S/C19H21FN4OS/c1-4-13(5-2)18(25)22-17-10-12(3)23-24(17)19-21-16(11-26-19)14-6-8-15(20)9-7-14/h6-11,13H,4-5H2,1-3H3,(H,22,25). The van der Waals surface area contributed by atoms with Crippen molar-refractivity contribution in [3.8, 4) is 16.4 Å². The zero-order valence-corrected chi connectivity index (χ0v) is 15.8. The van der Waals surface area contributed by atoms with E-state index in [4.69, 9.17) is 0 Å². The highest BCUT2D eigenvalue weighted by Crippen LogP contribution is 2.27. The summed E-state index contributed by atoms with van der Waals surface area (Å²) in [6.45, 7) is 5.88. The number of carbonyl (C=O) groups excluding carboxylic acids is 1. The molecule has 0 spiro atoms. The second-order valence-corrected chi connectivity index (χ2v) is 6.94. The van der Waals surface area contributed by atoms with Crippen LogP contribution in [0.4, 0.5) is 10.2 Å². The molecule has 0 atom stereocenters. The molecule has 0 aliphatic rings. The van der Waals surface area contributed by atoms with Gasteiger partial charge in [0.25, 0.3) is 0 Å². The predicted octanol–water partition coefficient (Wildman–Crippen LogP) is 4.82. The SMILES string of the molecule is CCC(CC)C(=O)Nc1cc(C)nn1-c1nc(-c2ccc(F)cc2)cs1. The number of rotatable bonds is 6. The maximum absolute atomic E-state index is 13.1. The van der Waals surface area contributed by atoms with Gasteiger partial charge in [-0.15, -0.1) is 11.3 Å². The van der Waals surface area contributed by atoms with E-state index in [2.05, 4.69) is 15.4 Å². The van der Waals surface area contributed by atoms with Gasteiger partial charge >= 0.3 is 0 Å². The summed E-state index contributed by atoms with van der Waals surface area (Å²) in [7, 11) is 0. The number of thiazole rings is 1. The van der Waals surface area contributed by atoms with E-state index in [1.807, 2.05) is 32.2 Å². The zero-order chi connectivity index (χ0) is 18.7. The molecule has 136 valence electrons. The smallest absolute Gasteiger partial charge is 0.228 e. The average Bonchev–Trinajstić information content (AvgIpc) is 3.23. The first-order chi connectivity index (χ1) is 12.5. The third kappa shape index (κ3) is 3.83. The third-order valence-electron chi connectivity index (χ3n) is 4.25. The number of nitrogens with zero attached hydrogens (tertiary/aromatic N) is 3. The Morgan fingerprint density at radius 3 is 2.62 bits per heavy atom. The van der Waals surface area contributed by atoms with Crippen molar-refractivity contribution in [3.63, 3.8) is 0 Å². The molecule has 0 unspecified atom stereocenters. The molecule has 2 heterocycles. The lowest BCUT2D eigenvalue weighted by atomic mass is 10.0. The minimum absolute atomic E-state index is 0.00790. The Balaban J connectivity index is 1.88. The Bertz CT molecular complexity index is 897. The Morgan fingerprint density at radius 2 is 1.96 bits per heavy atom. The fraction of sp³-hybridized carbons (Fsp3) is 0.316. The summed E-state index contributed by atoms with van der Waals surface area (Å²) in [5.74, 6) is 0.300. The summed E-state index contributed by atoms with van der Waals surface area (Å²) >= 11 is 1.42. The van der Waals surface area contributed by atoms with Crippen LogP contribution in [-0.2, 0) is 4.79 Å². The van der Waals surface area contributed by atoms with E-state index in [-0.39, 0.29) is 17.6 Å². The van der Waals surface area contributed by atoms with E-state index in [9.17, 15) is 9.18 Å². The van der Waals surface area contributed by atoms with Gasteiger partial charge in [-0.25, -0.2) is 9.37 Å². The summed E-state index contributed by atoms with van der Waals surface area (Å²) in [4.78, 5) is 17.0. The van der Waals surface area contributed by atoms with Crippen molar-refractivity contribution in [2.45, 2.75) is 33.6 Å². The van der Waals surface area contributed by atoms with Crippen LogP contribution in [0.1, 0.15) is 32.4 Å². The number of hydrogen-bond acceptors (Lipinski definition) is 4. The molecule has 0 fully saturated rings. The van der Waals surface area contributed by atoms with Crippen LogP contribution in [0.15, 0.2) is 35.7 Å². The molecule has 0 aliphatic heterocycles. The van der Waals surface area contributed by atoms with Gasteiger partial charge in [-0.2, -0.15) is 9.78 Å². The molecule has 0 saturated heterocycles. The summed E-state index contributed by atoms with van der Waals surface area (Å²) in [5, 5.41) is 9.97. The number of halogens is 1. The fourth-order valence-electron chi connectivity index (χ4n) is 2.74. The molecule has 3 rings (SSSR count). The highest BCUT2D eigenvalue weighted by atomic mass is 32.1. The fourth-order valence-corrected chi connectivity index (χ4v) is 3.53. The van der Waals surface area contributed by atoms with Crippen LogP contribution in [0.25, 0.3) is 16.4 Å². The Labute approximate surface area is 155 Å². The van der Waals surface area contributed by atoms with Gasteiger partial charge in [-0.3, -0.25) is 4.79 Å². The van der Waals surface area contributed by atoms with Gasteiger partial charge in [-0.1, -0.05) is 13.8 Å². The van der Waals surface area contributed by atoms with Gasteiger partial charge in [0.2, 0.25) is 11.0 Å². The van der Waals surface area contributed by atoms with Crippen molar-refractivity contribution in [1.29, 1.82) is 0 Å². The van der Waals surface area contributed by atoms with E-state index in [1.54, 1.807) is 16.8 Å². The van der Waals surface area contributed by atoms with Crippen LogP contribution in [0.3, 0.4) is 0 Å². The number of amides is 1. The van der Waals surface area contributed by atoms with E-state index in [1.165, 1.54) is 23.5 Å². The highest BCUT2D eigenvalue weighted by molar-refractivity contribution is 7.12. The first-order valence-electron chi connectivity index (χ1n) is 8.61. The first kappa shape index (κ1) is 18.3. The van der Waals surface area contributed by atoms with E-state index >= 15 is 0 Å². The van der Waals surface area contributed by atoms with Crippen LogP contribution < -0.4 is 5.32 Å². The molecule has 0 bridgehead atoms. The molecule has 7 heteroatoms. The number of hydrogen-bond donors (Lipinski definition) is 1. The third-order valence-corrected chi connectivity index (χ3v) is 5.07. The predicted molar refractivity (Wildman–Crippen MR) is 102 cm³/mol. The highest BCUT2D eigenvalue weighted by Gasteiger charge is 2.18. The normalized spacial score (nSPS) is 11.1. The van der Waals surface area contributed by atoms with Crippen LogP contribution in [-0.4, -0.2) is 20.7 Å². The van der Waals surface area contributed by atoms with Crippen molar-refractivity contribution in [1.82, 2.24) is 14.8 Å². The van der Waals surface area contributed by atoms with Gasteiger partial charge in [0.15, 0.2) is 0 Å². The lowest BCUT2D eigenvalue weighted by molar-refractivity contribution is -0.120. The lowest BCUT2D eigenvalue weighted by Gasteiger charge is -2.12. The number of nitrogens with one attached hydrogen (secondary N) is 1. The molecule has 1 amide bonds. The minimum Gasteiger partial charge on any atom is -0.310 e. The monoisotopic (exact) mass is 372 g/mol. The van der Waals surface area contributed by atoms with Gasteiger partial charge in [0, 0.05) is 22.9 Å². The summed E-state index contributed by atoms with van der Waals surface area (Å²) < 4.78 is 14.7. The first-order valence-corrected chi connectivity index (χ1v) is 9.49. The van der Waals surface area contributed by atoms with E-state index in [0.29, 0.717) is 10.9 Å². The number of anilines is 1. The largest absolute Gasteiger partial charge is 0.310 e. The quantitative estimate of drug-likeness (QED) is 0.675. The van der Waals surface area contributed by atoms with Gasteiger partial charge in [0.05, 0.1) is 11.4 Å². The Morgan fingerprint density at radius 1 is 1.27 bits per heavy atom. The second kappa shape index (κ2) is 7.78. The molecule has 3 aromatic rings. The van der Waals surface area contributed by atoms with Gasteiger partial charge in [-0.05, 0) is 44.0 Å². The summed E-state index contributed by atoms with van der Waals surface area (Å²) in [6, 6.07) is 8.04. The van der Waals surface area contributed by atoms with Crippen molar-refractivity contribution in [2.75, 3.05) is 5.32 Å². The molecule has 0 saturated carbocycles. The van der Waals surface area contributed by atoms with Crippen LogP contribution in [0.5, 0.6) is 0 Å². The van der Waals surface area contributed by atoms with Gasteiger partial charge < -0.3 is 5.32 Å². The van der Waals surface area contributed by atoms with Crippen molar-refractivity contribution < 1.29 is 9.18 Å². The summed E-state index contributed by atoms with van der Waals surface area (Å²) in [6.07, 6.45) is 1.59. The zero-order valence-electron chi connectivity index (χ0n) is 15.0. The van der Waals surface area contributed by atoms with Gasteiger partial charge in [0.1, 0.15) is 11.6 Å².